The number of thioether (sulfide) groups is 1. The normalized spacial score (nSPS) is 17.2. The molecule has 0 amide bonds. The highest BCUT2D eigenvalue weighted by molar-refractivity contribution is 7.99. The van der Waals surface area contributed by atoms with Gasteiger partial charge >= 0.3 is 6.18 Å². The Kier molecular flexibility index (Phi) is 5.34. The van der Waals surface area contributed by atoms with E-state index in [-0.39, 0.29) is 5.82 Å². The maximum atomic E-state index is 12.6. The number of hydrogen-bond acceptors (Lipinski definition) is 5. The van der Waals surface area contributed by atoms with E-state index in [2.05, 4.69) is 20.2 Å². The van der Waals surface area contributed by atoms with Gasteiger partial charge in [0, 0.05) is 43.8 Å². The molecule has 1 aliphatic rings. The van der Waals surface area contributed by atoms with Gasteiger partial charge in [0.05, 0.1) is 0 Å². The average Bonchev–Trinajstić information content (AvgIpc) is 2.38. The van der Waals surface area contributed by atoms with Crippen LogP contribution in [0.3, 0.4) is 0 Å². The van der Waals surface area contributed by atoms with Gasteiger partial charge in [-0.1, -0.05) is 0 Å². The minimum Gasteiger partial charge on any atom is -0.369 e. The van der Waals surface area contributed by atoms with Gasteiger partial charge in [-0.2, -0.15) is 24.9 Å². The van der Waals surface area contributed by atoms with Crippen molar-refractivity contribution in [2.45, 2.75) is 6.18 Å². The molecule has 1 fully saturated rings. The summed E-state index contributed by atoms with van der Waals surface area (Å²) in [7, 11) is 0. The molecule has 2 heterocycles. The van der Waals surface area contributed by atoms with Gasteiger partial charge < -0.3 is 5.32 Å². The molecule has 9 heteroatoms. The predicted octanol–water partition coefficient (Wildman–Crippen LogP) is 2.61. The fourth-order valence-corrected chi connectivity index (χ4v) is 2.98. The molecule has 0 saturated carbocycles. The maximum Gasteiger partial charge on any atom is 0.433 e. The number of nitrogens with zero attached hydrogens (tertiary/aromatic N) is 3. The van der Waals surface area contributed by atoms with Crippen LogP contribution in [0.15, 0.2) is 6.07 Å². The minimum absolute atomic E-state index is 0.101. The first-order chi connectivity index (χ1) is 9.45. The second kappa shape index (κ2) is 6.82. The Balaban J connectivity index is 1.90. The van der Waals surface area contributed by atoms with Crippen molar-refractivity contribution >= 4 is 29.2 Å². The van der Waals surface area contributed by atoms with Crippen molar-refractivity contribution in [3.8, 4) is 0 Å². The van der Waals surface area contributed by atoms with Gasteiger partial charge in [0.2, 0.25) is 5.28 Å². The van der Waals surface area contributed by atoms with Crippen LogP contribution < -0.4 is 5.32 Å². The fourth-order valence-electron chi connectivity index (χ4n) is 1.82. The molecule has 0 unspecified atom stereocenters. The molecule has 1 N–H and O–H groups in total. The van der Waals surface area contributed by atoms with E-state index in [0.717, 1.165) is 37.2 Å². The lowest BCUT2D eigenvalue weighted by Gasteiger charge is -2.26. The summed E-state index contributed by atoms with van der Waals surface area (Å²) in [6, 6.07) is 0.873. The summed E-state index contributed by atoms with van der Waals surface area (Å²) in [5.41, 5.74) is -1.03. The zero-order valence-corrected chi connectivity index (χ0v) is 12.2. The van der Waals surface area contributed by atoms with Gasteiger partial charge in [0.1, 0.15) is 5.82 Å². The highest BCUT2D eigenvalue weighted by Gasteiger charge is 2.33. The zero-order chi connectivity index (χ0) is 14.6. The Morgan fingerprint density at radius 3 is 2.65 bits per heavy atom. The molecule has 20 heavy (non-hydrogen) atoms. The fraction of sp³-hybridized carbons (Fsp3) is 0.636. The number of hydrogen-bond donors (Lipinski definition) is 1. The molecule has 0 aliphatic carbocycles. The Morgan fingerprint density at radius 2 is 2.00 bits per heavy atom. The van der Waals surface area contributed by atoms with E-state index in [1.165, 1.54) is 0 Å². The zero-order valence-electron chi connectivity index (χ0n) is 10.6. The molecule has 4 nitrogen and oxygen atoms in total. The molecule has 0 aromatic carbocycles. The molecule has 1 aliphatic heterocycles. The summed E-state index contributed by atoms with van der Waals surface area (Å²) in [5.74, 6) is 2.29. The van der Waals surface area contributed by atoms with Crippen LogP contribution in [0, 0.1) is 0 Å². The van der Waals surface area contributed by atoms with Crippen LogP contribution in [0.5, 0.6) is 0 Å². The van der Waals surface area contributed by atoms with Crippen molar-refractivity contribution in [2.75, 3.05) is 43.0 Å². The third-order valence-corrected chi connectivity index (χ3v) is 3.94. The van der Waals surface area contributed by atoms with E-state index in [9.17, 15) is 13.2 Å². The van der Waals surface area contributed by atoms with Gasteiger partial charge in [-0.25, -0.2) is 9.97 Å². The highest BCUT2D eigenvalue weighted by atomic mass is 35.5. The van der Waals surface area contributed by atoms with Crippen molar-refractivity contribution in [1.29, 1.82) is 0 Å². The SMILES string of the molecule is FC(F)(F)c1cc(NCCN2CCSCC2)nc(Cl)n1. The summed E-state index contributed by atoms with van der Waals surface area (Å²) in [4.78, 5) is 9.19. The largest absolute Gasteiger partial charge is 0.433 e. The molecule has 0 bridgehead atoms. The van der Waals surface area contributed by atoms with E-state index >= 15 is 0 Å². The summed E-state index contributed by atoms with van der Waals surface area (Å²) >= 11 is 7.42. The van der Waals surface area contributed by atoms with Crippen molar-refractivity contribution < 1.29 is 13.2 Å². The van der Waals surface area contributed by atoms with E-state index in [4.69, 9.17) is 11.6 Å². The highest BCUT2D eigenvalue weighted by Crippen LogP contribution is 2.29. The maximum absolute atomic E-state index is 12.6. The molecule has 112 valence electrons. The summed E-state index contributed by atoms with van der Waals surface area (Å²) in [6.07, 6.45) is -4.52. The summed E-state index contributed by atoms with van der Waals surface area (Å²) in [6.45, 7) is 3.30. The second-order valence-corrected chi connectivity index (χ2v) is 5.85. The van der Waals surface area contributed by atoms with Crippen LogP contribution in [-0.2, 0) is 6.18 Å². The molecule has 2 rings (SSSR count). The Bertz CT molecular complexity index is 452. The Hall–Kier alpha value is -0.730. The number of aromatic nitrogens is 2. The first kappa shape index (κ1) is 15.7. The minimum atomic E-state index is -4.52. The molecule has 0 radical (unpaired) electrons. The van der Waals surface area contributed by atoms with Gasteiger partial charge in [-0.15, -0.1) is 0 Å². The van der Waals surface area contributed by atoms with Crippen LogP contribution in [0.2, 0.25) is 5.28 Å². The smallest absolute Gasteiger partial charge is 0.369 e. The molecule has 0 spiro atoms. The van der Waals surface area contributed by atoms with Crippen molar-refractivity contribution in [3.63, 3.8) is 0 Å². The van der Waals surface area contributed by atoms with E-state index < -0.39 is 17.2 Å². The standard InChI is InChI=1S/C11H14ClF3N4S/c12-10-17-8(11(13,14)15)7-9(18-10)16-1-2-19-3-5-20-6-4-19/h7H,1-6H2,(H,16,17,18). The lowest BCUT2D eigenvalue weighted by molar-refractivity contribution is -0.141. The quantitative estimate of drug-likeness (QED) is 0.861. The third kappa shape index (κ3) is 4.68. The van der Waals surface area contributed by atoms with E-state index in [1.54, 1.807) is 0 Å². The lowest BCUT2D eigenvalue weighted by Crippen LogP contribution is -2.36. The second-order valence-electron chi connectivity index (χ2n) is 4.29. The summed E-state index contributed by atoms with van der Waals surface area (Å²) in [5, 5.41) is 2.46. The molecular weight excluding hydrogens is 313 g/mol. The summed E-state index contributed by atoms with van der Waals surface area (Å²) < 4.78 is 37.7. The Labute approximate surface area is 124 Å². The monoisotopic (exact) mass is 326 g/mol. The van der Waals surface area contributed by atoms with Gasteiger partial charge in [-0.3, -0.25) is 4.90 Å². The molecular formula is C11H14ClF3N4S. The van der Waals surface area contributed by atoms with Crippen molar-refractivity contribution in [3.05, 3.63) is 17.0 Å². The first-order valence-corrected chi connectivity index (χ1v) is 7.64. The number of anilines is 1. The number of rotatable bonds is 4. The van der Waals surface area contributed by atoms with Gasteiger partial charge in [0.25, 0.3) is 0 Å². The predicted molar refractivity (Wildman–Crippen MR) is 74.3 cm³/mol. The molecule has 1 saturated heterocycles. The van der Waals surface area contributed by atoms with Crippen LogP contribution in [0.1, 0.15) is 5.69 Å². The van der Waals surface area contributed by atoms with E-state index in [1.807, 2.05) is 11.8 Å². The molecule has 0 atom stereocenters. The van der Waals surface area contributed by atoms with Crippen LogP contribution in [-0.4, -0.2) is 52.6 Å². The lowest BCUT2D eigenvalue weighted by atomic mass is 10.3. The van der Waals surface area contributed by atoms with Gasteiger partial charge in [-0.05, 0) is 11.6 Å². The van der Waals surface area contributed by atoms with Crippen LogP contribution >= 0.6 is 23.4 Å². The van der Waals surface area contributed by atoms with Gasteiger partial charge in [0.15, 0.2) is 5.69 Å². The third-order valence-electron chi connectivity index (χ3n) is 2.83. The Morgan fingerprint density at radius 1 is 1.30 bits per heavy atom. The number of nitrogens with one attached hydrogen (secondary N) is 1. The van der Waals surface area contributed by atoms with Crippen LogP contribution in [0.25, 0.3) is 0 Å². The van der Waals surface area contributed by atoms with Crippen molar-refractivity contribution in [2.24, 2.45) is 0 Å². The molecule has 1 aromatic rings. The van der Waals surface area contributed by atoms with E-state index in [0.29, 0.717) is 6.54 Å². The number of halogens is 4. The topological polar surface area (TPSA) is 41.0 Å². The average molecular weight is 327 g/mol. The molecule has 1 aromatic heterocycles. The number of alkyl halides is 3. The first-order valence-electron chi connectivity index (χ1n) is 6.11. The van der Waals surface area contributed by atoms with Crippen LogP contribution in [0.4, 0.5) is 19.0 Å². The van der Waals surface area contributed by atoms with Crippen molar-refractivity contribution in [1.82, 2.24) is 14.9 Å².